The van der Waals surface area contributed by atoms with Gasteiger partial charge in [-0.1, -0.05) is 12.1 Å². The Labute approximate surface area is 128 Å². The van der Waals surface area contributed by atoms with Gasteiger partial charge in [-0.05, 0) is 24.3 Å². The summed E-state index contributed by atoms with van der Waals surface area (Å²) in [7, 11) is 3.86. The van der Waals surface area contributed by atoms with Crippen LogP contribution in [-0.4, -0.2) is 37.7 Å². The first-order valence-electron chi connectivity index (χ1n) is 6.96. The number of para-hydroxylation sites is 2. The molecule has 0 radical (unpaired) electrons. The van der Waals surface area contributed by atoms with Gasteiger partial charge in [0.05, 0.1) is 11.9 Å². The molecule has 1 aliphatic heterocycles. The van der Waals surface area contributed by atoms with E-state index in [4.69, 9.17) is 9.47 Å². The lowest BCUT2D eigenvalue weighted by Crippen LogP contribution is -2.40. The highest BCUT2D eigenvalue weighted by Crippen LogP contribution is 2.31. The maximum absolute atomic E-state index is 12.2. The summed E-state index contributed by atoms with van der Waals surface area (Å²) in [4.78, 5) is 18.4. The third-order valence-corrected chi connectivity index (χ3v) is 3.32. The first kappa shape index (κ1) is 14.2. The molecule has 0 saturated heterocycles. The van der Waals surface area contributed by atoms with E-state index in [-0.39, 0.29) is 12.5 Å². The molecule has 0 bridgehead atoms. The Bertz CT molecular complexity index is 671. The standard InChI is InChI=1S/C16H17N3O3/c1-19(2)11-7-8-15(17-9-11)18-16(20)14-10-21-12-5-3-4-6-13(12)22-14/h3-9,14H,10H2,1-2H3,(H,17,18,20)/t14-/m0/s1. The van der Waals surface area contributed by atoms with Gasteiger partial charge in [0.25, 0.3) is 5.91 Å². The lowest BCUT2D eigenvalue weighted by molar-refractivity contribution is -0.125. The Hall–Kier alpha value is -2.76. The van der Waals surface area contributed by atoms with Crippen molar-refractivity contribution in [1.29, 1.82) is 0 Å². The first-order chi connectivity index (χ1) is 10.6. The van der Waals surface area contributed by atoms with Crippen LogP contribution in [0.4, 0.5) is 11.5 Å². The summed E-state index contributed by atoms with van der Waals surface area (Å²) in [5, 5.41) is 2.74. The van der Waals surface area contributed by atoms with Crippen molar-refractivity contribution in [3.8, 4) is 11.5 Å². The molecule has 6 heteroatoms. The normalized spacial score (nSPS) is 16.0. The van der Waals surface area contributed by atoms with Crippen molar-refractivity contribution in [3.63, 3.8) is 0 Å². The highest BCUT2D eigenvalue weighted by molar-refractivity contribution is 5.94. The number of carbonyl (C=O) groups excluding carboxylic acids is 1. The van der Waals surface area contributed by atoms with Crippen molar-refractivity contribution in [1.82, 2.24) is 4.98 Å². The Morgan fingerprint density at radius 2 is 2.00 bits per heavy atom. The van der Waals surface area contributed by atoms with Crippen LogP contribution in [0, 0.1) is 0 Å². The predicted molar refractivity (Wildman–Crippen MR) is 83.5 cm³/mol. The smallest absolute Gasteiger partial charge is 0.270 e. The second-order valence-corrected chi connectivity index (χ2v) is 5.15. The molecule has 0 saturated carbocycles. The van der Waals surface area contributed by atoms with E-state index >= 15 is 0 Å². The molecular weight excluding hydrogens is 282 g/mol. The lowest BCUT2D eigenvalue weighted by Gasteiger charge is -2.25. The number of carbonyl (C=O) groups is 1. The van der Waals surface area contributed by atoms with Crippen LogP contribution in [0.2, 0.25) is 0 Å². The second kappa shape index (κ2) is 5.93. The minimum atomic E-state index is -0.690. The number of hydrogen-bond donors (Lipinski definition) is 1. The Balaban J connectivity index is 1.65. The molecule has 1 amide bonds. The fourth-order valence-corrected chi connectivity index (χ4v) is 2.08. The van der Waals surface area contributed by atoms with Crippen molar-refractivity contribution in [2.75, 3.05) is 30.9 Å². The maximum Gasteiger partial charge on any atom is 0.270 e. The molecule has 1 aromatic carbocycles. The summed E-state index contributed by atoms with van der Waals surface area (Å²) in [6.07, 6.45) is 1.01. The van der Waals surface area contributed by atoms with Gasteiger partial charge in [0.1, 0.15) is 12.4 Å². The number of rotatable bonds is 3. The molecular formula is C16H17N3O3. The van der Waals surface area contributed by atoms with Gasteiger partial charge in [-0.15, -0.1) is 0 Å². The van der Waals surface area contributed by atoms with E-state index in [1.54, 1.807) is 18.3 Å². The van der Waals surface area contributed by atoms with Gasteiger partial charge >= 0.3 is 0 Å². The first-order valence-corrected chi connectivity index (χ1v) is 6.96. The number of fused-ring (bicyclic) bond motifs is 1. The van der Waals surface area contributed by atoms with Gasteiger partial charge in [-0.3, -0.25) is 4.79 Å². The van der Waals surface area contributed by atoms with Crippen LogP contribution in [0.5, 0.6) is 11.5 Å². The van der Waals surface area contributed by atoms with Crippen molar-refractivity contribution in [2.24, 2.45) is 0 Å². The molecule has 0 spiro atoms. The quantitative estimate of drug-likeness (QED) is 0.938. The molecule has 0 unspecified atom stereocenters. The summed E-state index contributed by atoms with van der Waals surface area (Å²) in [5.74, 6) is 1.43. The molecule has 2 heterocycles. The van der Waals surface area contributed by atoms with Gasteiger partial charge in [0.2, 0.25) is 6.10 Å². The van der Waals surface area contributed by atoms with Gasteiger partial charge in [-0.2, -0.15) is 0 Å². The van der Waals surface area contributed by atoms with E-state index in [1.165, 1.54) is 0 Å². The lowest BCUT2D eigenvalue weighted by atomic mass is 10.2. The summed E-state index contributed by atoms with van der Waals surface area (Å²) >= 11 is 0. The Morgan fingerprint density at radius 1 is 1.23 bits per heavy atom. The Kier molecular flexibility index (Phi) is 3.82. The fraction of sp³-hybridized carbons (Fsp3) is 0.250. The molecule has 6 nitrogen and oxygen atoms in total. The molecule has 1 aromatic heterocycles. The molecule has 22 heavy (non-hydrogen) atoms. The van der Waals surface area contributed by atoms with Crippen molar-refractivity contribution >= 4 is 17.4 Å². The molecule has 1 atom stereocenters. The van der Waals surface area contributed by atoms with E-state index in [0.717, 1.165) is 5.69 Å². The van der Waals surface area contributed by atoms with Crippen molar-refractivity contribution in [2.45, 2.75) is 6.10 Å². The highest BCUT2D eigenvalue weighted by atomic mass is 16.6. The van der Waals surface area contributed by atoms with Crippen LogP contribution in [0.3, 0.4) is 0 Å². The van der Waals surface area contributed by atoms with E-state index < -0.39 is 6.10 Å². The monoisotopic (exact) mass is 299 g/mol. The largest absolute Gasteiger partial charge is 0.485 e. The molecule has 2 aromatic rings. The summed E-state index contributed by atoms with van der Waals surface area (Å²) in [6, 6.07) is 10.9. The van der Waals surface area contributed by atoms with Crippen LogP contribution >= 0.6 is 0 Å². The SMILES string of the molecule is CN(C)c1ccc(NC(=O)[C@@H]2COc3ccccc3O2)nc1. The molecule has 1 N–H and O–H groups in total. The zero-order valence-electron chi connectivity index (χ0n) is 12.4. The maximum atomic E-state index is 12.2. The van der Waals surface area contributed by atoms with Crippen LogP contribution in [0.1, 0.15) is 0 Å². The molecule has 0 aliphatic carbocycles. The minimum absolute atomic E-state index is 0.179. The van der Waals surface area contributed by atoms with E-state index in [1.807, 2.05) is 43.3 Å². The predicted octanol–water partition coefficient (Wildman–Crippen LogP) is 1.93. The van der Waals surface area contributed by atoms with Gasteiger partial charge in [0, 0.05) is 14.1 Å². The summed E-state index contributed by atoms with van der Waals surface area (Å²) in [5.41, 5.74) is 0.962. The average Bonchev–Trinajstić information content (AvgIpc) is 2.55. The van der Waals surface area contributed by atoms with E-state index in [9.17, 15) is 4.79 Å². The zero-order chi connectivity index (χ0) is 15.5. The second-order valence-electron chi connectivity index (χ2n) is 5.15. The van der Waals surface area contributed by atoms with Crippen LogP contribution < -0.4 is 19.7 Å². The number of hydrogen-bond acceptors (Lipinski definition) is 5. The number of anilines is 2. The fourth-order valence-electron chi connectivity index (χ4n) is 2.08. The molecule has 114 valence electrons. The van der Waals surface area contributed by atoms with Crippen LogP contribution in [-0.2, 0) is 4.79 Å². The molecule has 1 aliphatic rings. The number of pyridine rings is 1. The number of nitrogens with zero attached hydrogens (tertiary/aromatic N) is 2. The number of aromatic nitrogens is 1. The number of benzene rings is 1. The third kappa shape index (κ3) is 2.95. The van der Waals surface area contributed by atoms with Gasteiger partial charge in [-0.25, -0.2) is 4.98 Å². The summed E-state index contributed by atoms with van der Waals surface area (Å²) in [6.45, 7) is 0.179. The van der Waals surface area contributed by atoms with Crippen LogP contribution in [0.25, 0.3) is 0 Å². The third-order valence-electron chi connectivity index (χ3n) is 3.32. The van der Waals surface area contributed by atoms with E-state index in [2.05, 4.69) is 10.3 Å². The van der Waals surface area contributed by atoms with Gasteiger partial charge < -0.3 is 19.7 Å². The number of nitrogens with one attached hydrogen (secondary N) is 1. The number of ether oxygens (including phenoxy) is 2. The van der Waals surface area contributed by atoms with Crippen molar-refractivity contribution in [3.05, 3.63) is 42.6 Å². The summed E-state index contributed by atoms with van der Waals surface area (Å²) < 4.78 is 11.2. The molecule has 3 rings (SSSR count). The van der Waals surface area contributed by atoms with E-state index in [0.29, 0.717) is 17.3 Å². The zero-order valence-corrected chi connectivity index (χ0v) is 12.4. The minimum Gasteiger partial charge on any atom is -0.485 e. The van der Waals surface area contributed by atoms with Crippen molar-refractivity contribution < 1.29 is 14.3 Å². The number of amides is 1. The topological polar surface area (TPSA) is 63.7 Å². The van der Waals surface area contributed by atoms with Gasteiger partial charge in [0.15, 0.2) is 11.5 Å². The highest BCUT2D eigenvalue weighted by Gasteiger charge is 2.27. The van der Waals surface area contributed by atoms with Crippen LogP contribution in [0.15, 0.2) is 42.6 Å². The molecule has 0 fully saturated rings. The Morgan fingerprint density at radius 3 is 2.68 bits per heavy atom. The average molecular weight is 299 g/mol.